The van der Waals surface area contributed by atoms with E-state index in [1.165, 1.54) is 12.1 Å². The quantitative estimate of drug-likeness (QED) is 0.748. The van der Waals surface area contributed by atoms with Crippen molar-refractivity contribution >= 4 is 11.6 Å². The second kappa shape index (κ2) is 7.21. The fourth-order valence-electron chi connectivity index (χ4n) is 2.33. The first kappa shape index (κ1) is 16.8. The van der Waals surface area contributed by atoms with Gasteiger partial charge in [-0.15, -0.1) is 0 Å². The fourth-order valence-corrected chi connectivity index (χ4v) is 2.33. The molecule has 128 valence electrons. The molecule has 2 aromatic carbocycles. The van der Waals surface area contributed by atoms with Gasteiger partial charge in [-0.25, -0.2) is 13.8 Å². The molecule has 0 fully saturated rings. The summed E-state index contributed by atoms with van der Waals surface area (Å²) >= 11 is 0. The number of carbonyl (C=O) groups excluding carboxylic acids is 1. The lowest BCUT2D eigenvalue weighted by atomic mass is 10.1. The summed E-state index contributed by atoms with van der Waals surface area (Å²) in [6, 6.07) is 10.9. The zero-order valence-corrected chi connectivity index (χ0v) is 13.5. The summed E-state index contributed by atoms with van der Waals surface area (Å²) in [5.41, 5.74) is 1.37. The Morgan fingerprint density at radius 2 is 1.96 bits per heavy atom. The summed E-state index contributed by atoms with van der Waals surface area (Å²) < 4.78 is 27.1. The highest BCUT2D eigenvalue weighted by Crippen LogP contribution is 2.14. The molecule has 1 heterocycles. The Morgan fingerprint density at radius 1 is 1.16 bits per heavy atom. The van der Waals surface area contributed by atoms with Crippen molar-refractivity contribution in [1.29, 1.82) is 0 Å². The van der Waals surface area contributed by atoms with Crippen LogP contribution >= 0.6 is 0 Å². The number of anilines is 1. The lowest BCUT2D eigenvalue weighted by Crippen LogP contribution is -2.15. The molecule has 0 spiro atoms. The van der Waals surface area contributed by atoms with Crippen LogP contribution in [0.1, 0.15) is 22.8 Å². The molecule has 0 aliphatic carbocycles. The molecule has 7 heteroatoms. The van der Waals surface area contributed by atoms with Crippen molar-refractivity contribution in [2.24, 2.45) is 0 Å². The summed E-state index contributed by atoms with van der Waals surface area (Å²) in [4.78, 5) is 16.2. The smallest absolute Gasteiger partial charge is 0.232 e. The molecule has 1 amide bonds. The first-order valence-corrected chi connectivity index (χ1v) is 7.71. The van der Waals surface area contributed by atoms with Gasteiger partial charge >= 0.3 is 0 Å². The van der Waals surface area contributed by atoms with E-state index in [0.717, 1.165) is 0 Å². The number of amides is 1. The van der Waals surface area contributed by atoms with Crippen LogP contribution < -0.4 is 5.32 Å². The highest BCUT2D eigenvalue weighted by atomic mass is 19.1. The summed E-state index contributed by atoms with van der Waals surface area (Å²) in [5, 5.41) is 9.26. The maximum atomic E-state index is 13.6. The fraction of sp³-hybridized carbons (Fsp3) is 0.167. The standard InChI is InChI=1S/C18H16F2N4O/c1-11-6-7-13(9-15(11)20)21-18(25)10-17-22-16(23-24-17)8-12-4-2-3-5-14(12)19/h2-7,9H,8,10H2,1H3,(H,21,25)(H,22,23,24). The van der Waals surface area contributed by atoms with E-state index in [1.54, 1.807) is 37.3 Å². The molecule has 2 N–H and O–H groups in total. The number of halogens is 2. The number of rotatable bonds is 5. The molecule has 1 aromatic heterocycles. The van der Waals surface area contributed by atoms with Crippen LogP contribution in [0.5, 0.6) is 0 Å². The van der Waals surface area contributed by atoms with Crippen molar-refractivity contribution in [3.8, 4) is 0 Å². The number of hydrogen-bond donors (Lipinski definition) is 2. The number of nitrogens with zero attached hydrogens (tertiary/aromatic N) is 2. The zero-order valence-electron chi connectivity index (χ0n) is 13.5. The van der Waals surface area contributed by atoms with Crippen molar-refractivity contribution in [2.75, 3.05) is 5.32 Å². The Bertz CT molecular complexity index is 908. The van der Waals surface area contributed by atoms with Crippen LogP contribution in [-0.4, -0.2) is 21.1 Å². The zero-order chi connectivity index (χ0) is 17.8. The first-order chi connectivity index (χ1) is 12.0. The van der Waals surface area contributed by atoms with E-state index in [1.807, 2.05) is 0 Å². The Morgan fingerprint density at radius 3 is 2.72 bits per heavy atom. The largest absolute Gasteiger partial charge is 0.326 e. The van der Waals surface area contributed by atoms with Crippen molar-refractivity contribution in [3.05, 3.63) is 76.9 Å². The van der Waals surface area contributed by atoms with Crippen LogP contribution in [0.4, 0.5) is 14.5 Å². The van der Waals surface area contributed by atoms with E-state index in [4.69, 9.17) is 0 Å². The maximum Gasteiger partial charge on any atom is 0.232 e. The normalized spacial score (nSPS) is 10.7. The summed E-state index contributed by atoms with van der Waals surface area (Å²) in [5.74, 6) is -0.312. The Kier molecular flexibility index (Phi) is 4.83. The summed E-state index contributed by atoms with van der Waals surface area (Å²) in [6.07, 6.45) is 0.188. The van der Waals surface area contributed by atoms with Crippen molar-refractivity contribution in [3.63, 3.8) is 0 Å². The summed E-state index contributed by atoms with van der Waals surface area (Å²) in [7, 11) is 0. The predicted molar refractivity (Wildman–Crippen MR) is 89.1 cm³/mol. The maximum absolute atomic E-state index is 13.6. The minimum absolute atomic E-state index is 0.0662. The highest BCUT2D eigenvalue weighted by molar-refractivity contribution is 5.91. The van der Waals surface area contributed by atoms with E-state index in [2.05, 4.69) is 20.5 Å². The molecule has 0 unspecified atom stereocenters. The van der Waals surface area contributed by atoms with E-state index >= 15 is 0 Å². The number of aromatic nitrogens is 3. The molecule has 0 aliphatic heterocycles. The second-order valence-electron chi connectivity index (χ2n) is 5.66. The number of carbonyl (C=O) groups is 1. The van der Waals surface area contributed by atoms with Crippen LogP contribution in [-0.2, 0) is 17.6 Å². The molecule has 25 heavy (non-hydrogen) atoms. The van der Waals surface area contributed by atoms with Gasteiger partial charge in [-0.1, -0.05) is 24.3 Å². The lowest BCUT2D eigenvalue weighted by molar-refractivity contribution is -0.115. The molecular weight excluding hydrogens is 326 g/mol. The molecule has 0 aliphatic rings. The van der Waals surface area contributed by atoms with Gasteiger partial charge in [0.2, 0.25) is 5.91 Å². The van der Waals surface area contributed by atoms with E-state index in [0.29, 0.717) is 22.6 Å². The van der Waals surface area contributed by atoms with Gasteiger partial charge in [0.05, 0.1) is 6.42 Å². The third kappa shape index (κ3) is 4.26. The Labute approximate surface area is 143 Å². The highest BCUT2D eigenvalue weighted by Gasteiger charge is 2.11. The van der Waals surface area contributed by atoms with Crippen LogP contribution in [0.15, 0.2) is 42.5 Å². The molecule has 5 nitrogen and oxygen atoms in total. The van der Waals surface area contributed by atoms with Gasteiger partial charge in [0.25, 0.3) is 0 Å². The van der Waals surface area contributed by atoms with Crippen molar-refractivity contribution in [2.45, 2.75) is 19.8 Å². The SMILES string of the molecule is Cc1ccc(NC(=O)Cc2n[nH]c(Cc3ccccc3F)n2)cc1F. The van der Waals surface area contributed by atoms with Gasteiger partial charge < -0.3 is 5.32 Å². The van der Waals surface area contributed by atoms with Crippen LogP contribution in [0.25, 0.3) is 0 Å². The van der Waals surface area contributed by atoms with Crippen molar-refractivity contribution < 1.29 is 13.6 Å². The van der Waals surface area contributed by atoms with E-state index in [-0.39, 0.29) is 36.2 Å². The van der Waals surface area contributed by atoms with Crippen LogP contribution in [0.3, 0.4) is 0 Å². The molecule has 0 saturated carbocycles. The van der Waals surface area contributed by atoms with Gasteiger partial charge in [-0.3, -0.25) is 9.89 Å². The van der Waals surface area contributed by atoms with E-state index in [9.17, 15) is 13.6 Å². The van der Waals surface area contributed by atoms with Crippen LogP contribution in [0.2, 0.25) is 0 Å². The Hall–Kier alpha value is -3.09. The Balaban J connectivity index is 1.61. The minimum atomic E-state index is -0.386. The first-order valence-electron chi connectivity index (χ1n) is 7.71. The van der Waals surface area contributed by atoms with E-state index < -0.39 is 0 Å². The topological polar surface area (TPSA) is 70.7 Å². The van der Waals surface area contributed by atoms with Gasteiger partial charge in [-0.2, -0.15) is 5.10 Å². The van der Waals surface area contributed by atoms with Gasteiger partial charge in [0.1, 0.15) is 17.5 Å². The number of aryl methyl sites for hydroxylation is 1. The predicted octanol–water partition coefficient (Wildman–Crippen LogP) is 3.16. The molecule has 3 aromatic rings. The number of H-pyrrole nitrogens is 1. The molecule has 0 radical (unpaired) electrons. The monoisotopic (exact) mass is 342 g/mol. The van der Waals surface area contributed by atoms with Crippen molar-refractivity contribution in [1.82, 2.24) is 15.2 Å². The third-order valence-electron chi connectivity index (χ3n) is 3.67. The summed E-state index contributed by atoms with van der Waals surface area (Å²) in [6.45, 7) is 1.64. The number of hydrogen-bond acceptors (Lipinski definition) is 3. The minimum Gasteiger partial charge on any atom is -0.326 e. The average Bonchev–Trinajstić information content (AvgIpc) is 3.00. The van der Waals surface area contributed by atoms with Gasteiger partial charge in [0.15, 0.2) is 5.82 Å². The number of nitrogens with one attached hydrogen (secondary N) is 2. The molecule has 3 rings (SSSR count). The van der Waals surface area contributed by atoms with Crippen LogP contribution in [0, 0.1) is 18.6 Å². The molecule has 0 bridgehead atoms. The van der Waals surface area contributed by atoms with Gasteiger partial charge in [0, 0.05) is 12.1 Å². The average molecular weight is 342 g/mol. The molecule has 0 saturated heterocycles. The third-order valence-corrected chi connectivity index (χ3v) is 3.67. The van der Waals surface area contributed by atoms with Gasteiger partial charge in [-0.05, 0) is 36.2 Å². The number of benzene rings is 2. The lowest BCUT2D eigenvalue weighted by Gasteiger charge is -2.05. The number of aromatic amines is 1. The molecule has 0 atom stereocenters. The molecular formula is C18H16F2N4O. The second-order valence-corrected chi connectivity index (χ2v) is 5.66.